The van der Waals surface area contributed by atoms with Gasteiger partial charge < -0.3 is 0 Å². The molecule has 0 aliphatic rings. The average Bonchev–Trinajstić information content (AvgIpc) is 2.72. The molecule has 0 saturated carbocycles. The van der Waals surface area contributed by atoms with Gasteiger partial charge in [-0.15, -0.1) is 11.8 Å². The van der Waals surface area contributed by atoms with Gasteiger partial charge >= 0.3 is 0 Å². The molecule has 0 amide bonds. The first kappa shape index (κ1) is 26.5. The molecule has 0 aromatic heterocycles. The molecule has 176 valence electrons. The highest BCUT2D eigenvalue weighted by Crippen LogP contribution is 2.40. The van der Waals surface area contributed by atoms with E-state index in [1.54, 1.807) is 5.17 Å². The topological polar surface area (TPSA) is 24.5 Å². The summed E-state index contributed by atoms with van der Waals surface area (Å²) in [6.45, 7) is 18.0. The Morgan fingerprint density at radius 3 is 1.55 bits per heavy atom. The van der Waals surface area contributed by atoms with E-state index in [0.29, 0.717) is 0 Å². The Labute approximate surface area is 201 Å². The minimum Gasteiger partial charge on any atom is -0.279 e. The van der Waals surface area contributed by atoms with Gasteiger partial charge in [0, 0.05) is 7.05 Å². The molecule has 0 bridgehead atoms. The molecule has 0 aliphatic heterocycles. The van der Waals surface area contributed by atoms with Crippen molar-refractivity contribution in [2.75, 3.05) is 7.05 Å². The van der Waals surface area contributed by atoms with Crippen LogP contribution in [0.5, 0.6) is 0 Å². The first-order valence-corrected chi connectivity index (χ1v) is 11.5. The van der Waals surface area contributed by atoms with Gasteiger partial charge in [0.15, 0.2) is 0 Å². The van der Waals surface area contributed by atoms with Crippen LogP contribution in [0.3, 0.4) is 0 Å². The second-order valence-corrected chi connectivity index (χ2v) is 9.77. The summed E-state index contributed by atoms with van der Waals surface area (Å²) >= 11 is 0. The number of hydrazine groups is 1. The zero-order chi connectivity index (χ0) is 24.6. The Balaban J connectivity index is 0.000000890. The lowest BCUT2D eigenvalue weighted by molar-refractivity contribution is -0.251. The van der Waals surface area contributed by atoms with Crippen molar-refractivity contribution in [3.8, 4) is 0 Å². The molecule has 3 aromatic carbocycles. The van der Waals surface area contributed by atoms with Crippen molar-refractivity contribution in [2.45, 2.75) is 59.6 Å². The predicted molar refractivity (Wildman–Crippen MR) is 141 cm³/mol. The first-order chi connectivity index (χ1) is 15.5. The van der Waals surface area contributed by atoms with Crippen molar-refractivity contribution in [3.05, 3.63) is 119 Å². The van der Waals surface area contributed by atoms with Crippen LogP contribution in [0.15, 0.2) is 91.0 Å². The Hall–Kier alpha value is -2.72. The van der Waals surface area contributed by atoms with Gasteiger partial charge in [-0.1, -0.05) is 84.4 Å². The molecular formula is C30H40N2O. The summed E-state index contributed by atoms with van der Waals surface area (Å²) in [5.74, 6) is 0. The lowest BCUT2D eigenvalue weighted by Gasteiger charge is -2.42. The van der Waals surface area contributed by atoms with E-state index in [9.17, 15) is 0 Å². The zero-order valence-electron chi connectivity index (χ0n) is 21.6. The van der Waals surface area contributed by atoms with Gasteiger partial charge in [-0.2, -0.15) is 0 Å². The van der Waals surface area contributed by atoms with Crippen molar-refractivity contribution in [1.29, 1.82) is 0 Å². The van der Waals surface area contributed by atoms with E-state index in [2.05, 4.69) is 125 Å². The summed E-state index contributed by atoms with van der Waals surface area (Å²) in [5.41, 5.74) is 9.97. The Morgan fingerprint density at radius 2 is 1.15 bits per heavy atom. The number of hydroxylamine groups is 1. The Kier molecular flexibility index (Phi) is 9.18. The minimum atomic E-state index is -0.599. The van der Waals surface area contributed by atoms with Gasteiger partial charge in [0.05, 0.1) is 5.60 Å². The largest absolute Gasteiger partial charge is 0.279 e. The van der Waals surface area contributed by atoms with Crippen molar-refractivity contribution < 1.29 is 4.84 Å². The number of nitrogens with zero attached hydrogens (tertiary/aromatic N) is 1. The summed E-state index contributed by atoms with van der Waals surface area (Å²) in [7, 11) is 1.93. The number of aryl methyl sites for hydroxylation is 2. The minimum absolute atomic E-state index is 0.318. The Morgan fingerprint density at radius 1 is 0.758 bits per heavy atom. The van der Waals surface area contributed by atoms with Crippen LogP contribution >= 0.6 is 0 Å². The first-order valence-electron chi connectivity index (χ1n) is 11.5. The standard InChI is InChI=1S/C26H32N2O.C4H8/c1-20-14-10-12-18-23(20)26(22-16-8-7-9-17-22,24-19-13-11-15-21(24)2)27-28(6)29-25(3,4)5;1-4(2)3/h7-19,27H,1-6H3;1H2,2-3H3. The second kappa shape index (κ2) is 11.4. The van der Waals surface area contributed by atoms with Crippen molar-refractivity contribution >= 4 is 0 Å². The summed E-state index contributed by atoms with van der Waals surface area (Å²) in [4.78, 5) is 6.16. The average molecular weight is 445 g/mol. The third kappa shape index (κ3) is 7.13. The summed E-state index contributed by atoms with van der Waals surface area (Å²) in [5, 5.41) is 1.76. The molecule has 1 N–H and O–H groups in total. The van der Waals surface area contributed by atoms with Gasteiger partial charge in [0.2, 0.25) is 0 Å². The molecule has 0 unspecified atom stereocenters. The second-order valence-electron chi connectivity index (χ2n) is 9.77. The van der Waals surface area contributed by atoms with Gasteiger partial charge in [0.25, 0.3) is 0 Å². The third-order valence-electron chi connectivity index (χ3n) is 5.04. The van der Waals surface area contributed by atoms with Gasteiger partial charge in [-0.25, -0.2) is 5.43 Å². The number of hydrogen-bond acceptors (Lipinski definition) is 3. The van der Waals surface area contributed by atoms with E-state index < -0.39 is 5.54 Å². The zero-order valence-corrected chi connectivity index (χ0v) is 21.6. The molecule has 0 spiro atoms. The van der Waals surface area contributed by atoms with Crippen LogP contribution in [-0.4, -0.2) is 17.8 Å². The highest BCUT2D eigenvalue weighted by molar-refractivity contribution is 5.54. The number of benzene rings is 3. The monoisotopic (exact) mass is 444 g/mol. The molecule has 3 heteroatoms. The quantitative estimate of drug-likeness (QED) is 0.244. The lowest BCUT2D eigenvalue weighted by Crippen LogP contribution is -2.54. The molecular weight excluding hydrogens is 404 g/mol. The number of nitrogens with one attached hydrogen (secondary N) is 1. The van der Waals surface area contributed by atoms with Crippen molar-refractivity contribution in [1.82, 2.24) is 10.6 Å². The molecule has 3 aromatic rings. The highest BCUT2D eigenvalue weighted by Gasteiger charge is 2.40. The number of allylic oxidation sites excluding steroid dienone is 1. The fourth-order valence-corrected chi connectivity index (χ4v) is 3.99. The van der Waals surface area contributed by atoms with Gasteiger partial charge in [-0.05, 0) is 76.3 Å². The van der Waals surface area contributed by atoms with E-state index in [1.165, 1.54) is 27.8 Å². The summed E-state index contributed by atoms with van der Waals surface area (Å²) in [6, 6.07) is 27.7. The van der Waals surface area contributed by atoms with Crippen LogP contribution < -0.4 is 5.43 Å². The van der Waals surface area contributed by atoms with Crippen molar-refractivity contribution in [3.63, 3.8) is 0 Å². The molecule has 0 saturated heterocycles. The SMILES string of the molecule is C=C(C)C.Cc1ccccc1C(NN(C)OC(C)(C)C)(c1ccccc1)c1ccccc1C. The summed E-state index contributed by atoms with van der Waals surface area (Å²) in [6.07, 6.45) is 0. The van der Waals surface area contributed by atoms with E-state index >= 15 is 0 Å². The molecule has 0 atom stereocenters. The van der Waals surface area contributed by atoms with Crippen LogP contribution in [0, 0.1) is 13.8 Å². The van der Waals surface area contributed by atoms with Crippen LogP contribution in [-0.2, 0) is 10.4 Å². The maximum atomic E-state index is 6.16. The molecule has 0 aliphatic carbocycles. The van der Waals surface area contributed by atoms with Crippen molar-refractivity contribution in [2.24, 2.45) is 0 Å². The van der Waals surface area contributed by atoms with E-state index in [1.807, 2.05) is 20.9 Å². The molecule has 33 heavy (non-hydrogen) atoms. The number of hydrogen-bond donors (Lipinski definition) is 1. The number of rotatable bonds is 6. The molecule has 3 nitrogen and oxygen atoms in total. The van der Waals surface area contributed by atoms with Crippen LogP contribution in [0.2, 0.25) is 0 Å². The third-order valence-corrected chi connectivity index (χ3v) is 5.04. The summed E-state index contributed by atoms with van der Waals surface area (Å²) < 4.78 is 0. The maximum Gasteiger partial charge on any atom is 0.110 e. The van der Waals surface area contributed by atoms with Crippen LogP contribution in [0.4, 0.5) is 0 Å². The lowest BCUT2D eigenvalue weighted by atomic mass is 9.74. The van der Waals surface area contributed by atoms with Gasteiger partial charge in [-0.3, -0.25) is 4.84 Å². The normalized spacial score (nSPS) is 11.7. The fraction of sp³-hybridized carbons (Fsp3) is 0.333. The smallest absolute Gasteiger partial charge is 0.110 e. The Bertz CT molecular complexity index is 985. The molecule has 0 fully saturated rings. The highest BCUT2D eigenvalue weighted by atomic mass is 16.7. The van der Waals surface area contributed by atoms with Crippen LogP contribution in [0.1, 0.15) is 62.4 Å². The molecule has 0 heterocycles. The van der Waals surface area contributed by atoms with E-state index in [0.717, 1.165) is 5.56 Å². The maximum absolute atomic E-state index is 6.16. The van der Waals surface area contributed by atoms with Crippen LogP contribution in [0.25, 0.3) is 0 Å². The fourth-order valence-electron chi connectivity index (χ4n) is 3.99. The predicted octanol–water partition coefficient (Wildman–Crippen LogP) is 7.34. The van der Waals surface area contributed by atoms with Gasteiger partial charge in [0.1, 0.15) is 5.54 Å². The molecule has 0 radical (unpaired) electrons. The molecule has 3 rings (SSSR count). The van der Waals surface area contributed by atoms with E-state index in [-0.39, 0.29) is 5.60 Å². The van der Waals surface area contributed by atoms with E-state index in [4.69, 9.17) is 4.84 Å².